The molecule has 1 N–H and O–H groups in total. The smallest absolute Gasteiger partial charge is 0.226 e. The summed E-state index contributed by atoms with van der Waals surface area (Å²) in [5, 5.41) is 3.88. The average molecular weight is 391 g/mol. The van der Waals surface area contributed by atoms with Crippen LogP contribution in [0.1, 0.15) is 18.9 Å². The predicted molar refractivity (Wildman–Crippen MR) is 114 cm³/mol. The van der Waals surface area contributed by atoms with Gasteiger partial charge in [-0.3, -0.25) is 14.6 Å². The van der Waals surface area contributed by atoms with E-state index < -0.39 is 0 Å². The average Bonchev–Trinajstić information content (AvgIpc) is 2.74. The number of amides is 2. The van der Waals surface area contributed by atoms with E-state index >= 15 is 0 Å². The number of hydrogen-bond donors (Lipinski definition) is 1. The van der Waals surface area contributed by atoms with Gasteiger partial charge < -0.3 is 15.0 Å². The van der Waals surface area contributed by atoms with E-state index in [2.05, 4.69) is 10.3 Å². The maximum atomic E-state index is 12.4. The van der Waals surface area contributed by atoms with Crippen LogP contribution in [0, 0.1) is 0 Å². The summed E-state index contributed by atoms with van der Waals surface area (Å²) in [6.45, 7) is 2.46. The van der Waals surface area contributed by atoms with E-state index in [1.54, 1.807) is 18.2 Å². The van der Waals surface area contributed by atoms with Crippen molar-refractivity contribution < 1.29 is 14.3 Å². The number of carbonyl (C=O) groups is 2. The van der Waals surface area contributed by atoms with Crippen molar-refractivity contribution in [3.05, 3.63) is 66.4 Å². The Morgan fingerprint density at radius 2 is 1.79 bits per heavy atom. The van der Waals surface area contributed by atoms with Gasteiger partial charge in [0.2, 0.25) is 11.8 Å². The maximum absolute atomic E-state index is 12.4. The van der Waals surface area contributed by atoms with Crippen LogP contribution in [0.25, 0.3) is 10.9 Å². The summed E-state index contributed by atoms with van der Waals surface area (Å²) in [6.07, 6.45) is 2.65. The topological polar surface area (TPSA) is 71.5 Å². The van der Waals surface area contributed by atoms with Crippen LogP contribution in [0.3, 0.4) is 0 Å². The van der Waals surface area contributed by atoms with Gasteiger partial charge in [0.05, 0.1) is 18.3 Å². The van der Waals surface area contributed by atoms with Gasteiger partial charge in [0.15, 0.2) is 0 Å². The van der Waals surface area contributed by atoms with E-state index in [9.17, 15) is 9.59 Å². The number of rotatable bonds is 8. The fourth-order valence-electron chi connectivity index (χ4n) is 3.14. The first kappa shape index (κ1) is 20.3. The predicted octanol–water partition coefficient (Wildman–Crippen LogP) is 3.66. The minimum Gasteiger partial charge on any atom is -0.497 e. The Kier molecular flexibility index (Phi) is 6.79. The lowest BCUT2D eigenvalue weighted by atomic mass is 10.1. The van der Waals surface area contributed by atoms with Gasteiger partial charge in [-0.15, -0.1) is 0 Å². The Hall–Kier alpha value is -3.41. The first-order valence-corrected chi connectivity index (χ1v) is 9.59. The number of nitrogens with zero attached hydrogens (tertiary/aromatic N) is 2. The number of carbonyl (C=O) groups excluding carboxylic acids is 2. The largest absolute Gasteiger partial charge is 0.497 e. The number of aromatic nitrogens is 1. The molecule has 0 aliphatic heterocycles. The summed E-state index contributed by atoms with van der Waals surface area (Å²) in [5.74, 6) is 0.619. The normalized spacial score (nSPS) is 10.6. The monoisotopic (exact) mass is 391 g/mol. The molecule has 0 saturated carbocycles. The van der Waals surface area contributed by atoms with Gasteiger partial charge in [-0.2, -0.15) is 0 Å². The lowest BCUT2D eigenvalue weighted by Crippen LogP contribution is -2.33. The summed E-state index contributed by atoms with van der Waals surface area (Å²) in [7, 11) is 1.63. The highest BCUT2D eigenvalue weighted by Crippen LogP contribution is 2.20. The van der Waals surface area contributed by atoms with Crippen LogP contribution in [-0.4, -0.2) is 41.9 Å². The van der Waals surface area contributed by atoms with Crippen LogP contribution in [0.15, 0.2) is 60.8 Å². The van der Waals surface area contributed by atoms with E-state index in [1.165, 1.54) is 6.92 Å². The molecule has 0 saturated heterocycles. The number of ether oxygens (including phenoxy) is 1. The quantitative estimate of drug-likeness (QED) is 0.636. The number of fused-ring (bicyclic) bond motifs is 1. The van der Waals surface area contributed by atoms with Crippen LogP contribution >= 0.6 is 0 Å². The second-order valence-corrected chi connectivity index (χ2v) is 6.78. The lowest BCUT2D eigenvalue weighted by molar-refractivity contribution is -0.129. The Morgan fingerprint density at radius 3 is 2.52 bits per heavy atom. The molecule has 29 heavy (non-hydrogen) atoms. The molecule has 0 spiro atoms. The summed E-state index contributed by atoms with van der Waals surface area (Å²) < 4.78 is 5.16. The third-order valence-corrected chi connectivity index (χ3v) is 4.79. The highest BCUT2D eigenvalue weighted by atomic mass is 16.5. The molecule has 6 nitrogen and oxygen atoms in total. The first-order valence-electron chi connectivity index (χ1n) is 9.59. The molecule has 0 atom stereocenters. The molecule has 150 valence electrons. The molecule has 3 aromatic rings. The zero-order chi connectivity index (χ0) is 20.6. The number of para-hydroxylation sites is 1. The Bertz CT molecular complexity index is 981. The molecule has 0 unspecified atom stereocenters. The standard InChI is InChI=1S/C23H25N3O3/c1-17(27)26(15-12-18-8-10-20(29-2)11-9-18)16-13-22(28)25-21-7-3-5-19-6-4-14-24-23(19)21/h3-11,14H,12-13,15-16H2,1-2H3,(H,25,28). The van der Waals surface area contributed by atoms with Crippen molar-refractivity contribution in [2.75, 3.05) is 25.5 Å². The molecule has 6 heteroatoms. The molecular weight excluding hydrogens is 366 g/mol. The fraction of sp³-hybridized carbons (Fsp3) is 0.261. The highest BCUT2D eigenvalue weighted by Gasteiger charge is 2.12. The van der Waals surface area contributed by atoms with Crippen molar-refractivity contribution in [1.82, 2.24) is 9.88 Å². The minimum atomic E-state index is -0.140. The van der Waals surface area contributed by atoms with Gasteiger partial charge in [0.25, 0.3) is 0 Å². The van der Waals surface area contributed by atoms with Crippen molar-refractivity contribution in [3.63, 3.8) is 0 Å². The highest BCUT2D eigenvalue weighted by molar-refractivity contribution is 6.00. The molecule has 2 aromatic carbocycles. The van der Waals surface area contributed by atoms with Gasteiger partial charge in [0, 0.05) is 38.0 Å². The Balaban J connectivity index is 1.55. The number of methoxy groups -OCH3 is 1. The van der Waals surface area contributed by atoms with Gasteiger partial charge in [0.1, 0.15) is 5.75 Å². The molecule has 3 rings (SSSR count). The molecular formula is C23H25N3O3. The number of anilines is 1. The molecule has 2 amide bonds. The number of nitrogens with one attached hydrogen (secondary N) is 1. The summed E-state index contributed by atoms with van der Waals surface area (Å²) in [6, 6.07) is 17.3. The number of benzene rings is 2. The summed E-state index contributed by atoms with van der Waals surface area (Å²) >= 11 is 0. The van der Waals surface area contributed by atoms with E-state index in [0.29, 0.717) is 18.8 Å². The van der Waals surface area contributed by atoms with Gasteiger partial charge in [-0.25, -0.2) is 0 Å². The van der Waals surface area contributed by atoms with Crippen LogP contribution in [0.4, 0.5) is 5.69 Å². The molecule has 1 heterocycles. The minimum absolute atomic E-state index is 0.0434. The SMILES string of the molecule is COc1ccc(CCN(CCC(=O)Nc2cccc3cccnc23)C(C)=O)cc1. The molecule has 1 aromatic heterocycles. The van der Waals surface area contributed by atoms with E-state index in [1.807, 2.05) is 54.6 Å². The van der Waals surface area contributed by atoms with Gasteiger partial charge in [-0.1, -0.05) is 30.3 Å². The van der Waals surface area contributed by atoms with Gasteiger partial charge in [-0.05, 0) is 36.2 Å². The Morgan fingerprint density at radius 1 is 1.03 bits per heavy atom. The lowest BCUT2D eigenvalue weighted by Gasteiger charge is -2.21. The van der Waals surface area contributed by atoms with E-state index in [4.69, 9.17) is 4.74 Å². The van der Waals surface area contributed by atoms with Crippen LogP contribution in [-0.2, 0) is 16.0 Å². The summed E-state index contributed by atoms with van der Waals surface area (Å²) in [4.78, 5) is 30.5. The fourth-order valence-corrected chi connectivity index (χ4v) is 3.14. The van der Waals surface area contributed by atoms with E-state index in [-0.39, 0.29) is 18.2 Å². The molecule has 0 fully saturated rings. The van der Waals surface area contributed by atoms with Crippen molar-refractivity contribution in [2.24, 2.45) is 0 Å². The second-order valence-electron chi connectivity index (χ2n) is 6.78. The van der Waals surface area contributed by atoms with Crippen LogP contribution in [0.5, 0.6) is 5.75 Å². The molecule has 0 radical (unpaired) electrons. The third kappa shape index (κ3) is 5.54. The van der Waals surface area contributed by atoms with Crippen molar-refractivity contribution >= 4 is 28.4 Å². The number of hydrogen-bond acceptors (Lipinski definition) is 4. The first-order chi connectivity index (χ1) is 14.1. The van der Waals surface area contributed by atoms with Crippen LogP contribution in [0.2, 0.25) is 0 Å². The third-order valence-electron chi connectivity index (χ3n) is 4.79. The summed E-state index contributed by atoms with van der Waals surface area (Å²) in [5.41, 5.74) is 2.55. The second kappa shape index (κ2) is 9.68. The van der Waals surface area contributed by atoms with Crippen molar-refractivity contribution in [1.29, 1.82) is 0 Å². The maximum Gasteiger partial charge on any atom is 0.226 e. The number of pyridine rings is 1. The molecule has 0 bridgehead atoms. The zero-order valence-electron chi connectivity index (χ0n) is 16.7. The molecule has 0 aliphatic carbocycles. The van der Waals surface area contributed by atoms with E-state index in [0.717, 1.165) is 28.6 Å². The van der Waals surface area contributed by atoms with Gasteiger partial charge >= 0.3 is 0 Å². The van der Waals surface area contributed by atoms with Crippen LogP contribution < -0.4 is 10.1 Å². The Labute approximate surface area is 170 Å². The van der Waals surface area contributed by atoms with Crippen molar-refractivity contribution in [2.45, 2.75) is 19.8 Å². The molecule has 0 aliphatic rings. The zero-order valence-corrected chi connectivity index (χ0v) is 16.7. The van der Waals surface area contributed by atoms with Crippen molar-refractivity contribution in [3.8, 4) is 5.75 Å².